The molecule has 1 fully saturated rings. The van der Waals surface area contributed by atoms with Crippen molar-refractivity contribution in [2.75, 3.05) is 0 Å². The van der Waals surface area contributed by atoms with Gasteiger partial charge in [-0.2, -0.15) is 0 Å². The fraction of sp³-hybridized carbons (Fsp3) is 0.467. The maximum atomic E-state index is 2.68. The molecule has 0 heterocycles. The van der Waals surface area contributed by atoms with Gasteiger partial charge in [-0.1, -0.05) is 137 Å². The molecule has 45 heavy (non-hydrogen) atoms. The van der Waals surface area contributed by atoms with Gasteiger partial charge in [0.15, 0.2) is 0 Å². The fourth-order valence-electron chi connectivity index (χ4n) is 11.7. The third-order valence-corrected chi connectivity index (χ3v) is 12.8. The topological polar surface area (TPSA) is 0 Å². The van der Waals surface area contributed by atoms with Crippen molar-refractivity contribution in [2.24, 2.45) is 35.5 Å². The largest absolute Gasteiger partial charge is 0.0625 e. The maximum Gasteiger partial charge on any atom is 0.0288 e. The number of hydrogen-bond acceptors (Lipinski definition) is 0. The van der Waals surface area contributed by atoms with Crippen molar-refractivity contribution in [1.82, 2.24) is 0 Å². The van der Waals surface area contributed by atoms with Crippen LogP contribution in [0, 0.1) is 35.5 Å². The molecule has 8 rings (SSSR count). The molecule has 2 atom stereocenters. The van der Waals surface area contributed by atoms with Crippen LogP contribution in [0.15, 0.2) is 66.7 Å². The molecule has 4 aliphatic rings. The van der Waals surface area contributed by atoms with Crippen LogP contribution in [0.25, 0.3) is 33.0 Å². The van der Waals surface area contributed by atoms with Gasteiger partial charge in [-0.3, -0.25) is 0 Å². The summed E-state index contributed by atoms with van der Waals surface area (Å²) in [4.78, 5) is 0. The fourth-order valence-corrected chi connectivity index (χ4v) is 11.7. The van der Waals surface area contributed by atoms with E-state index >= 15 is 0 Å². The van der Waals surface area contributed by atoms with Crippen molar-refractivity contribution in [2.45, 2.75) is 98.8 Å². The second kappa shape index (κ2) is 9.24. The Morgan fingerprint density at radius 1 is 0.667 bits per heavy atom. The van der Waals surface area contributed by atoms with Crippen molar-refractivity contribution in [3.63, 3.8) is 0 Å². The minimum Gasteiger partial charge on any atom is -0.0625 e. The first-order valence-corrected chi connectivity index (χ1v) is 17.8. The average molecular weight is 593 g/mol. The number of allylic oxidation sites excluding steroid dienone is 2. The Hall–Kier alpha value is -3.12. The summed E-state index contributed by atoms with van der Waals surface area (Å²) >= 11 is 0. The molecule has 4 aliphatic carbocycles. The van der Waals surface area contributed by atoms with Crippen molar-refractivity contribution >= 4 is 21.9 Å². The molecular weight excluding hydrogens is 540 g/mol. The first-order chi connectivity index (χ1) is 21.2. The van der Waals surface area contributed by atoms with Crippen molar-refractivity contribution in [3.8, 4) is 11.1 Å². The molecule has 0 aromatic heterocycles. The van der Waals surface area contributed by atoms with Crippen LogP contribution in [0.3, 0.4) is 0 Å². The average Bonchev–Trinajstić information content (AvgIpc) is 3.56. The molecule has 0 heteroatoms. The van der Waals surface area contributed by atoms with E-state index in [4.69, 9.17) is 0 Å². The van der Waals surface area contributed by atoms with E-state index in [-0.39, 0.29) is 16.2 Å². The summed E-state index contributed by atoms with van der Waals surface area (Å²) in [5, 5.41) is 2.96. The Kier molecular flexibility index (Phi) is 6.02. The zero-order chi connectivity index (χ0) is 32.0. The molecule has 1 saturated carbocycles. The highest BCUT2D eigenvalue weighted by Crippen LogP contribution is 2.74. The summed E-state index contributed by atoms with van der Waals surface area (Å²) in [6.45, 7) is 27.4. The molecule has 0 amide bonds. The molecule has 0 saturated heterocycles. The van der Waals surface area contributed by atoms with Crippen LogP contribution in [0.1, 0.15) is 115 Å². The minimum absolute atomic E-state index is 0.0218. The van der Waals surface area contributed by atoms with E-state index in [2.05, 4.69) is 143 Å². The Morgan fingerprint density at radius 3 is 1.91 bits per heavy atom. The molecule has 0 nitrogen and oxygen atoms in total. The summed E-state index contributed by atoms with van der Waals surface area (Å²) in [5.74, 6) is 3.79. The second-order valence-corrected chi connectivity index (χ2v) is 17.6. The molecule has 0 radical (unpaired) electrons. The Labute approximate surface area is 272 Å². The van der Waals surface area contributed by atoms with E-state index in [9.17, 15) is 0 Å². The van der Waals surface area contributed by atoms with Crippen molar-refractivity contribution in [1.29, 1.82) is 0 Å². The highest BCUT2D eigenvalue weighted by atomic mass is 14.7. The quantitative estimate of drug-likeness (QED) is 0.222. The van der Waals surface area contributed by atoms with Crippen LogP contribution in [0.4, 0.5) is 0 Å². The molecule has 232 valence electrons. The number of rotatable bonds is 3. The van der Waals surface area contributed by atoms with Gasteiger partial charge >= 0.3 is 0 Å². The normalized spacial score (nSPS) is 25.7. The Bertz CT molecular complexity index is 1920. The summed E-state index contributed by atoms with van der Waals surface area (Å²) in [6.07, 6.45) is 1.06. The van der Waals surface area contributed by atoms with Crippen LogP contribution in [0.2, 0.25) is 0 Å². The maximum absolute atomic E-state index is 2.68. The van der Waals surface area contributed by atoms with Crippen LogP contribution in [-0.2, 0) is 22.7 Å². The third-order valence-electron chi connectivity index (χ3n) is 12.8. The van der Waals surface area contributed by atoms with Gasteiger partial charge in [0.05, 0.1) is 0 Å². The SMILES string of the molecule is CC(C)C1C(C(C)C)C2(c3ccc4c(c3-c3cc(C(C)(C)C)c5ccccc5c32)C(C)(C)C2=C4Cc3ccccc32)C1C(C)C. The first-order valence-electron chi connectivity index (χ1n) is 17.8. The van der Waals surface area contributed by atoms with Crippen molar-refractivity contribution < 1.29 is 0 Å². The van der Waals surface area contributed by atoms with E-state index in [0.29, 0.717) is 35.5 Å². The highest BCUT2D eigenvalue weighted by molar-refractivity contribution is 6.10. The van der Waals surface area contributed by atoms with Crippen molar-refractivity contribution in [3.05, 3.63) is 106 Å². The van der Waals surface area contributed by atoms with E-state index in [1.54, 1.807) is 39.0 Å². The van der Waals surface area contributed by atoms with Gasteiger partial charge in [-0.25, -0.2) is 0 Å². The standard InChI is InChI=1S/C45H52/c1-24(2)36-38(25(3)4)45(39(36)26(5)6)34-21-20-31-32-22-27-16-12-13-17-28(27)40(32)44(10,11)42(31)37(34)33-23-35(43(7,8)9)29-18-14-15-19-30(29)41(33)45/h12-21,23-26,36,38-39H,22H2,1-11H3. The summed E-state index contributed by atoms with van der Waals surface area (Å²) in [5.41, 5.74) is 17.2. The lowest BCUT2D eigenvalue weighted by Crippen LogP contribution is -2.64. The minimum atomic E-state index is -0.0548. The lowest BCUT2D eigenvalue weighted by Gasteiger charge is -2.66. The van der Waals surface area contributed by atoms with Gasteiger partial charge in [0.25, 0.3) is 0 Å². The predicted molar refractivity (Wildman–Crippen MR) is 194 cm³/mol. The van der Waals surface area contributed by atoms with Gasteiger partial charge < -0.3 is 0 Å². The Morgan fingerprint density at radius 2 is 1.29 bits per heavy atom. The van der Waals surface area contributed by atoms with Gasteiger partial charge in [-0.15, -0.1) is 0 Å². The number of hydrogen-bond donors (Lipinski definition) is 0. The first kappa shape index (κ1) is 29.3. The third kappa shape index (κ3) is 3.45. The smallest absolute Gasteiger partial charge is 0.0288 e. The lowest BCUT2D eigenvalue weighted by molar-refractivity contribution is -0.105. The number of benzene rings is 4. The molecule has 1 spiro atoms. The lowest BCUT2D eigenvalue weighted by atomic mass is 9.37. The molecule has 4 aromatic rings. The summed E-state index contributed by atoms with van der Waals surface area (Å²) in [6, 6.07) is 26.6. The zero-order valence-electron chi connectivity index (χ0n) is 29.5. The van der Waals surface area contributed by atoms with Gasteiger partial charge in [0.1, 0.15) is 0 Å². The number of fused-ring (bicyclic) bond motifs is 12. The van der Waals surface area contributed by atoms with Crippen LogP contribution < -0.4 is 0 Å². The zero-order valence-corrected chi connectivity index (χ0v) is 29.5. The molecule has 2 unspecified atom stereocenters. The molecule has 0 N–H and O–H groups in total. The van der Waals surface area contributed by atoms with Gasteiger partial charge in [-0.05, 0) is 125 Å². The van der Waals surface area contributed by atoms with Crippen LogP contribution in [0.5, 0.6) is 0 Å². The predicted octanol–water partition coefficient (Wildman–Crippen LogP) is 12.0. The Balaban J connectivity index is 1.53. The van der Waals surface area contributed by atoms with Crippen LogP contribution in [-0.4, -0.2) is 0 Å². The second-order valence-electron chi connectivity index (χ2n) is 17.6. The highest BCUT2D eigenvalue weighted by Gasteiger charge is 2.69. The van der Waals surface area contributed by atoms with E-state index in [0.717, 1.165) is 6.42 Å². The summed E-state index contributed by atoms with van der Waals surface area (Å²) < 4.78 is 0. The van der Waals surface area contributed by atoms with Crippen LogP contribution >= 0.6 is 0 Å². The molecule has 4 aromatic carbocycles. The molecule has 0 bridgehead atoms. The van der Waals surface area contributed by atoms with E-state index in [1.165, 1.54) is 33.0 Å². The monoisotopic (exact) mass is 592 g/mol. The van der Waals surface area contributed by atoms with Gasteiger partial charge in [0, 0.05) is 10.8 Å². The van der Waals surface area contributed by atoms with Gasteiger partial charge in [0.2, 0.25) is 0 Å². The van der Waals surface area contributed by atoms with E-state index in [1.807, 2.05) is 0 Å². The molecular formula is C45H52. The molecule has 0 aliphatic heterocycles. The summed E-state index contributed by atoms with van der Waals surface area (Å²) in [7, 11) is 0. The van der Waals surface area contributed by atoms with E-state index < -0.39 is 0 Å².